The smallest absolute Gasteiger partial charge is 0.266 e. The van der Waals surface area contributed by atoms with Crippen LogP contribution in [0.3, 0.4) is 0 Å². The van der Waals surface area contributed by atoms with Gasteiger partial charge in [-0.2, -0.15) is 6.08 Å². The van der Waals surface area contributed by atoms with Crippen molar-refractivity contribution in [2.24, 2.45) is 0 Å². The van der Waals surface area contributed by atoms with Crippen molar-refractivity contribution in [3.8, 4) is 0 Å². The third kappa shape index (κ3) is 1.77. The van der Waals surface area contributed by atoms with E-state index >= 15 is 0 Å². The number of ketones is 1. The fourth-order valence-corrected chi connectivity index (χ4v) is 1.66. The van der Waals surface area contributed by atoms with E-state index in [0.717, 1.165) is 18.6 Å². The summed E-state index contributed by atoms with van der Waals surface area (Å²) >= 11 is 0. The second-order valence-corrected chi connectivity index (χ2v) is 3.35. The van der Waals surface area contributed by atoms with Crippen LogP contribution in [0.4, 0.5) is 0 Å². The lowest BCUT2D eigenvalue weighted by atomic mass is 10.0. The van der Waals surface area contributed by atoms with Crippen molar-refractivity contribution in [1.82, 2.24) is 0 Å². The molecule has 0 aliphatic heterocycles. The van der Waals surface area contributed by atoms with Gasteiger partial charge >= 0.3 is 0 Å². The highest BCUT2D eigenvalue weighted by Gasteiger charge is 2.14. The van der Waals surface area contributed by atoms with Crippen molar-refractivity contribution < 1.29 is 4.42 Å². The number of rotatable bonds is 2. The largest absolute Gasteiger partial charge is 0.310 e. The molecule has 0 spiro atoms. The molecule has 72 valence electrons. The molecule has 0 saturated carbocycles. The molecule has 0 bridgehead atoms. The Labute approximate surface area is 84.8 Å². The van der Waals surface area contributed by atoms with E-state index in [4.69, 9.17) is 4.42 Å². The Kier molecular flexibility index (Phi) is 2.78. The molecule has 0 heterocycles. The van der Waals surface area contributed by atoms with E-state index in [1.807, 2.05) is 25.2 Å². The number of carbonyl (C=O) groups excluding carboxylic acids is 1. The topological polar surface area (TPSA) is 11.3 Å². The standard InChI is InChI=1S/C13H14O/c1-2-3-10-14-13-9-5-7-11-6-4-8-12(11)13/h2-3,5,7,9H,4,6,10H2,1H3/b3-2-. The molecular formula is C13H14O. The Hall–Kier alpha value is -1.37. The van der Waals surface area contributed by atoms with Gasteiger partial charge in [0.2, 0.25) is 5.78 Å². The first-order valence-corrected chi connectivity index (χ1v) is 5.01. The van der Waals surface area contributed by atoms with Gasteiger partial charge < -0.3 is 4.42 Å². The van der Waals surface area contributed by atoms with Crippen molar-refractivity contribution in [3.05, 3.63) is 47.6 Å². The predicted octanol–water partition coefficient (Wildman–Crippen LogP) is 2.69. The second-order valence-electron chi connectivity index (χ2n) is 3.35. The molecule has 1 nitrogen and oxygen atoms in total. The molecule has 0 aromatic rings. The summed E-state index contributed by atoms with van der Waals surface area (Å²) in [6.07, 6.45) is 15.7. The van der Waals surface area contributed by atoms with Crippen LogP contribution in [0, 0.1) is 6.08 Å². The van der Waals surface area contributed by atoms with Gasteiger partial charge in [-0.3, -0.25) is 0 Å². The van der Waals surface area contributed by atoms with Crippen LogP contribution in [-0.2, 0) is 4.42 Å². The molecule has 14 heavy (non-hydrogen) atoms. The Morgan fingerprint density at radius 3 is 3.36 bits per heavy atom. The van der Waals surface area contributed by atoms with E-state index in [0.29, 0.717) is 6.61 Å². The van der Waals surface area contributed by atoms with Gasteiger partial charge in [0.15, 0.2) is 0 Å². The Morgan fingerprint density at radius 2 is 2.50 bits per heavy atom. The molecule has 2 rings (SSSR count). The zero-order valence-electron chi connectivity index (χ0n) is 8.42. The lowest BCUT2D eigenvalue weighted by Crippen LogP contribution is -2.06. The van der Waals surface area contributed by atoms with Crippen LogP contribution in [0.25, 0.3) is 0 Å². The minimum Gasteiger partial charge on any atom is -0.310 e. The lowest BCUT2D eigenvalue weighted by Gasteiger charge is -2.11. The van der Waals surface area contributed by atoms with Crippen LogP contribution in [0.5, 0.6) is 0 Å². The summed E-state index contributed by atoms with van der Waals surface area (Å²) in [5.41, 5.74) is 2.54. The van der Waals surface area contributed by atoms with E-state index in [-0.39, 0.29) is 0 Å². The minimum absolute atomic E-state index is 0.647. The molecule has 0 unspecified atom stereocenters. The van der Waals surface area contributed by atoms with Crippen molar-refractivity contribution in [2.45, 2.75) is 19.8 Å². The molecule has 0 saturated heterocycles. The Morgan fingerprint density at radius 1 is 1.57 bits per heavy atom. The van der Waals surface area contributed by atoms with E-state index < -0.39 is 0 Å². The zero-order valence-corrected chi connectivity index (χ0v) is 8.42. The van der Waals surface area contributed by atoms with Gasteiger partial charge in [-0.1, -0.05) is 30.6 Å². The normalized spacial score (nSPS) is 22.8. The summed E-state index contributed by atoms with van der Waals surface area (Å²) in [7, 11) is 0. The van der Waals surface area contributed by atoms with Crippen LogP contribution in [0.1, 0.15) is 19.8 Å². The van der Waals surface area contributed by atoms with Crippen molar-refractivity contribution in [3.63, 3.8) is 0 Å². The first-order chi connectivity index (χ1) is 6.92. The number of hydrogen-bond donors (Lipinski definition) is 0. The van der Waals surface area contributed by atoms with Gasteiger partial charge in [0.25, 0.3) is 6.61 Å². The molecule has 0 atom stereocenters. The average molecular weight is 186 g/mol. The molecule has 0 amide bonds. The highest BCUT2D eigenvalue weighted by molar-refractivity contribution is 6.09. The van der Waals surface area contributed by atoms with E-state index in [1.54, 1.807) is 0 Å². The summed E-state index contributed by atoms with van der Waals surface area (Å²) in [4.78, 5) is 0. The summed E-state index contributed by atoms with van der Waals surface area (Å²) in [6.45, 7) is 2.64. The third-order valence-electron chi connectivity index (χ3n) is 2.38. The SMILES string of the molecule is C/C=C\C[O+]=C1C=CC=C2CC[C-]=C21. The molecule has 0 aromatic carbocycles. The minimum atomic E-state index is 0.647. The highest BCUT2D eigenvalue weighted by atomic mass is 16.4. The molecule has 0 aromatic heterocycles. The first kappa shape index (κ1) is 9.20. The predicted molar refractivity (Wildman–Crippen MR) is 57.9 cm³/mol. The molecular weight excluding hydrogens is 172 g/mol. The van der Waals surface area contributed by atoms with E-state index in [1.165, 1.54) is 11.1 Å². The quantitative estimate of drug-likeness (QED) is 0.357. The number of fused-ring (bicyclic) bond motifs is 1. The van der Waals surface area contributed by atoms with E-state index in [9.17, 15) is 0 Å². The number of allylic oxidation sites excluding steroid dienone is 7. The fourth-order valence-electron chi connectivity index (χ4n) is 1.66. The molecule has 0 N–H and O–H groups in total. The lowest BCUT2D eigenvalue weighted by molar-refractivity contribution is -0.443. The summed E-state index contributed by atoms with van der Waals surface area (Å²) < 4.78 is 5.64. The fraction of sp³-hybridized carbons (Fsp3) is 0.308. The zero-order chi connectivity index (χ0) is 9.80. The van der Waals surface area contributed by atoms with Crippen LogP contribution >= 0.6 is 0 Å². The molecule has 0 radical (unpaired) electrons. The summed E-state index contributed by atoms with van der Waals surface area (Å²) in [6, 6.07) is 0. The van der Waals surface area contributed by atoms with Gasteiger partial charge in [0.05, 0.1) is 0 Å². The van der Waals surface area contributed by atoms with Gasteiger partial charge in [-0.15, -0.1) is 11.6 Å². The van der Waals surface area contributed by atoms with Gasteiger partial charge in [0.1, 0.15) is 0 Å². The van der Waals surface area contributed by atoms with Crippen molar-refractivity contribution in [2.75, 3.05) is 6.61 Å². The monoisotopic (exact) mass is 186 g/mol. The highest BCUT2D eigenvalue weighted by Crippen LogP contribution is 2.27. The van der Waals surface area contributed by atoms with Crippen molar-refractivity contribution >= 4 is 5.78 Å². The third-order valence-corrected chi connectivity index (χ3v) is 2.38. The Balaban J connectivity index is 2.17. The average Bonchev–Trinajstić information content (AvgIpc) is 2.67. The van der Waals surface area contributed by atoms with Crippen LogP contribution < -0.4 is 0 Å². The van der Waals surface area contributed by atoms with Crippen molar-refractivity contribution in [1.29, 1.82) is 0 Å². The summed E-state index contributed by atoms with van der Waals surface area (Å²) in [5, 5.41) is 0. The summed E-state index contributed by atoms with van der Waals surface area (Å²) in [5.74, 6) is 0.970. The van der Waals surface area contributed by atoms with Crippen LogP contribution in [-0.4, -0.2) is 12.4 Å². The maximum atomic E-state index is 5.64. The van der Waals surface area contributed by atoms with Crippen LogP contribution in [0.15, 0.2) is 41.5 Å². The molecule has 0 fully saturated rings. The van der Waals surface area contributed by atoms with Gasteiger partial charge in [-0.05, 0) is 13.0 Å². The molecule has 2 aliphatic rings. The second kappa shape index (κ2) is 4.23. The van der Waals surface area contributed by atoms with E-state index in [2.05, 4.69) is 18.2 Å². The maximum Gasteiger partial charge on any atom is 0.266 e. The molecule has 1 heteroatoms. The van der Waals surface area contributed by atoms with Gasteiger partial charge in [0, 0.05) is 6.08 Å². The van der Waals surface area contributed by atoms with Gasteiger partial charge in [-0.25, -0.2) is 0 Å². The molecule has 2 aliphatic carbocycles. The maximum absolute atomic E-state index is 5.64. The number of hydrogen-bond acceptors (Lipinski definition) is 0. The van der Waals surface area contributed by atoms with Crippen LogP contribution in [0.2, 0.25) is 0 Å². The Bertz CT molecular complexity index is 365. The first-order valence-electron chi connectivity index (χ1n) is 5.01.